The lowest BCUT2D eigenvalue weighted by Crippen LogP contribution is -2.55. The molecule has 0 rings (SSSR count). The number of hydrogen-bond acceptors (Lipinski definition) is 4. The topological polar surface area (TPSA) is 118 Å². The van der Waals surface area contributed by atoms with Crippen LogP contribution < -0.4 is 11.5 Å². The van der Waals surface area contributed by atoms with Crippen molar-refractivity contribution in [1.82, 2.24) is 0 Å². The summed E-state index contributed by atoms with van der Waals surface area (Å²) in [7, 11) is 2.87. The molecular weight excluding hydrogens is 243 g/mol. The van der Waals surface area contributed by atoms with Gasteiger partial charge in [-0.15, -0.1) is 24.8 Å². The van der Waals surface area contributed by atoms with E-state index in [9.17, 15) is 0 Å². The molecule has 0 amide bonds. The molecule has 0 aromatic heterocycles. The maximum atomic E-state index is 7.28. The Morgan fingerprint density at radius 2 is 1.53 bits per heavy atom. The lowest BCUT2D eigenvalue weighted by atomic mass is 9.97. The van der Waals surface area contributed by atoms with Gasteiger partial charge in [-0.1, -0.05) is 0 Å². The van der Waals surface area contributed by atoms with Crippen LogP contribution in [0.15, 0.2) is 0 Å². The third-order valence-corrected chi connectivity index (χ3v) is 1.88. The van der Waals surface area contributed by atoms with Crippen molar-refractivity contribution in [3.8, 4) is 0 Å². The summed E-state index contributed by atoms with van der Waals surface area (Å²) in [6.07, 6.45) is 0.269. The molecule has 0 bridgehead atoms. The van der Waals surface area contributed by atoms with Crippen LogP contribution >= 0.6 is 24.8 Å². The molecule has 0 unspecified atom stereocenters. The molecule has 0 fully saturated rings. The first kappa shape index (κ1) is 19.9. The molecule has 0 radical (unpaired) electrons. The van der Waals surface area contributed by atoms with Gasteiger partial charge < -0.3 is 20.9 Å². The summed E-state index contributed by atoms with van der Waals surface area (Å²) < 4.78 is 9.80. The molecule has 6 nitrogen and oxygen atoms in total. The molecule has 8 heteroatoms. The van der Waals surface area contributed by atoms with E-state index in [4.69, 9.17) is 31.8 Å². The van der Waals surface area contributed by atoms with Crippen molar-refractivity contribution >= 4 is 36.5 Å². The number of nitrogens with one attached hydrogen (secondary N) is 2. The van der Waals surface area contributed by atoms with E-state index >= 15 is 0 Å². The van der Waals surface area contributed by atoms with Gasteiger partial charge in [0, 0.05) is 27.2 Å². The Morgan fingerprint density at radius 1 is 1.13 bits per heavy atom. The van der Waals surface area contributed by atoms with Crippen molar-refractivity contribution in [2.45, 2.75) is 12.0 Å². The van der Waals surface area contributed by atoms with Gasteiger partial charge in [-0.25, -0.2) is 0 Å². The SMILES string of the molecule is COCCC(OC)(C(=N)N)C(=N)N.Cl.Cl. The van der Waals surface area contributed by atoms with Crippen LogP contribution in [0.3, 0.4) is 0 Å². The summed E-state index contributed by atoms with van der Waals surface area (Å²) in [6, 6.07) is 0. The molecule has 0 aliphatic rings. The summed E-state index contributed by atoms with van der Waals surface area (Å²) in [4.78, 5) is 0. The van der Waals surface area contributed by atoms with Crippen molar-refractivity contribution < 1.29 is 9.47 Å². The zero-order valence-electron chi connectivity index (χ0n) is 8.70. The van der Waals surface area contributed by atoms with Crippen molar-refractivity contribution in [3.05, 3.63) is 0 Å². The van der Waals surface area contributed by atoms with Gasteiger partial charge in [-0.2, -0.15) is 0 Å². The van der Waals surface area contributed by atoms with Gasteiger partial charge in [0.15, 0.2) is 5.60 Å². The predicted molar refractivity (Wildman–Crippen MR) is 64.6 cm³/mol. The minimum Gasteiger partial charge on any atom is -0.385 e. The van der Waals surface area contributed by atoms with E-state index in [0.29, 0.717) is 6.61 Å². The first-order valence-corrected chi connectivity index (χ1v) is 3.74. The standard InChI is InChI=1S/C7H16N4O2.2ClH/c1-12-4-3-7(13-2,5(8)9)6(10)11;;/h3-4H2,1-2H3,(H3,8,9)(H3,10,11);2*1H. The molecule has 0 atom stereocenters. The fraction of sp³-hybridized carbons (Fsp3) is 0.714. The van der Waals surface area contributed by atoms with Gasteiger partial charge in [0.1, 0.15) is 11.7 Å². The Bertz CT molecular complexity index is 199. The monoisotopic (exact) mass is 260 g/mol. The van der Waals surface area contributed by atoms with Crippen molar-refractivity contribution in [1.29, 1.82) is 10.8 Å². The normalized spacial score (nSPS) is 12.9. The number of amidine groups is 2. The molecular formula is C7H18Cl2N4O2. The molecule has 0 saturated heterocycles. The predicted octanol–water partition coefficient (Wildman–Crippen LogP) is 0.124. The van der Waals surface area contributed by atoms with Gasteiger partial charge in [0.2, 0.25) is 0 Å². The minimum atomic E-state index is -1.31. The quantitative estimate of drug-likeness (QED) is 0.401. The van der Waals surface area contributed by atoms with Crippen LogP contribution in [0.25, 0.3) is 0 Å². The highest BCUT2D eigenvalue weighted by Crippen LogP contribution is 2.14. The molecule has 0 spiro atoms. The number of nitrogens with two attached hydrogens (primary N) is 2. The minimum absolute atomic E-state index is 0. The van der Waals surface area contributed by atoms with Crippen molar-refractivity contribution in [2.75, 3.05) is 20.8 Å². The Kier molecular flexibility index (Phi) is 11.6. The van der Waals surface area contributed by atoms with Crippen LogP contribution in [0, 0.1) is 10.8 Å². The fourth-order valence-corrected chi connectivity index (χ4v) is 0.982. The number of hydrogen-bond donors (Lipinski definition) is 4. The van der Waals surface area contributed by atoms with Crippen LogP contribution in [0.1, 0.15) is 6.42 Å². The van der Waals surface area contributed by atoms with E-state index in [0.717, 1.165) is 0 Å². The number of rotatable bonds is 6. The Labute approximate surface area is 102 Å². The Morgan fingerprint density at radius 3 is 1.73 bits per heavy atom. The van der Waals surface area contributed by atoms with E-state index < -0.39 is 5.60 Å². The van der Waals surface area contributed by atoms with E-state index in [1.54, 1.807) is 0 Å². The molecule has 0 saturated carbocycles. The van der Waals surface area contributed by atoms with Crippen molar-refractivity contribution in [2.24, 2.45) is 11.5 Å². The van der Waals surface area contributed by atoms with Crippen molar-refractivity contribution in [3.63, 3.8) is 0 Å². The van der Waals surface area contributed by atoms with E-state index in [-0.39, 0.29) is 42.9 Å². The molecule has 92 valence electrons. The number of halogens is 2. The molecule has 0 heterocycles. The van der Waals surface area contributed by atoms with Gasteiger partial charge in [0.25, 0.3) is 0 Å². The average molecular weight is 261 g/mol. The third kappa shape index (κ3) is 4.65. The first-order valence-electron chi connectivity index (χ1n) is 3.74. The van der Waals surface area contributed by atoms with Gasteiger partial charge in [-0.3, -0.25) is 10.8 Å². The van der Waals surface area contributed by atoms with E-state index in [1.807, 2.05) is 0 Å². The number of methoxy groups -OCH3 is 2. The molecule has 6 N–H and O–H groups in total. The molecule has 0 aromatic rings. The zero-order chi connectivity index (χ0) is 10.5. The van der Waals surface area contributed by atoms with E-state index in [2.05, 4.69) is 0 Å². The molecule has 0 aromatic carbocycles. The van der Waals surface area contributed by atoms with Crippen LogP contribution in [-0.2, 0) is 9.47 Å². The maximum absolute atomic E-state index is 7.28. The zero-order valence-corrected chi connectivity index (χ0v) is 10.3. The smallest absolute Gasteiger partial charge is 0.182 e. The fourth-order valence-electron chi connectivity index (χ4n) is 0.982. The highest BCUT2D eigenvalue weighted by atomic mass is 35.5. The highest BCUT2D eigenvalue weighted by molar-refractivity contribution is 6.09. The van der Waals surface area contributed by atoms with Gasteiger partial charge >= 0.3 is 0 Å². The average Bonchev–Trinajstić information content (AvgIpc) is 2.05. The highest BCUT2D eigenvalue weighted by Gasteiger charge is 2.37. The lowest BCUT2D eigenvalue weighted by molar-refractivity contribution is 0.0670. The number of ether oxygens (including phenoxy) is 2. The first-order chi connectivity index (χ1) is 6.01. The van der Waals surface area contributed by atoms with Gasteiger partial charge in [0.05, 0.1) is 0 Å². The second kappa shape index (κ2) is 8.72. The lowest BCUT2D eigenvalue weighted by Gasteiger charge is -2.29. The second-order valence-corrected chi connectivity index (χ2v) is 2.60. The summed E-state index contributed by atoms with van der Waals surface area (Å²) >= 11 is 0. The van der Waals surface area contributed by atoms with Gasteiger partial charge in [-0.05, 0) is 0 Å². The van der Waals surface area contributed by atoms with Crippen LogP contribution in [0.5, 0.6) is 0 Å². The summed E-state index contributed by atoms with van der Waals surface area (Å²) in [6.45, 7) is 0.326. The summed E-state index contributed by atoms with van der Waals surface area (Å²) in [5.74, 6) is -0.556. The second-order valence-electron chi connectivity index (χ2n) is 2.60. The molecule has 0 aliphatic carbocycles. The largest absolute Gasteiger partial charge is 0.385 e. The third-order valence-electron chi connectivity index (χ3n) is 1.88. The van der Waals surface area contributed by atoms with Crippen LogP contribution in [0.4, 0.5) is 0 Å². The Hall–Kier alpha value is -0.560. The summed E-state index contributed by atoms with van der Waals surface area (Å²) in [5, 5.41) is 14.6. The Balaban J connectivity index is -0.000000720. The molecule has 0 aliphatic heterocycles. The molecule has 15 heavy (non-hydrogen) atoms. The maximum Gasteiger partial charge on any atom is 0.182 e. The van der Waals surface area contributed by atoms with Crippen LogP contribution in [-0.4, -0.2) is 38.1 Å². The van der Waals surface area contributed by atoms with Crippen LogP contribution in [0.2, 0.25) is 0 Å². The van der Waals surface area contributed by atoms with E-state index in [1.165, 1.54) is 14.2 Å². The summed E-state index contributed by atoms with van der Waals surface area (Å²) in [5.41, 5.74) is 9.30.